The molecule has 1 aliphatic heterocycles. The normalized spacial score (nSPS) is 20.4. The molecule has 0 radical (unpaired) electrons. The largest absolute Gasteiger partial charge is 0.364 e. The number of carbonyl (C=O) groups is 1. The third-order valence-electron chi connectivity index (χ3n) is 3.09. The zero-order valence-corrected chi connectivity index (χ0v) is 9.94. The van der Waals surface area contributed by atoms with Crippen LogP contribution in [0.1, 0.15) is 12.8 Å². The van der Waals surface area contributed by atoms with Crippen LogP contribution in [0.25, 0.3) is 5.65 Å². The maximum Gasteiger partial charge on any atom is 0.222 e. The van der Waals surface area contributed by atoms with E-state index < -0.39 is 0 Å². The van der Waals surface area contributed by atoms with Crippen LogP contribution < -0.4 is 5.32 Å². The van der Waals surface area contributed by atoms with Crippen LogP contribution in [0.4, 0.5) is 5.82 Å². The van der Waals surface area contributed by atoms with E-state index in [4.69, 9.17) is 0 Å². The Morgan fingerprint density at radius 1 is 1.44 bits per heavy atom. The van der Waals surface area contributed by atoms with E-state index in [2.05, 4.69) is 25.8 Å². The van der Waals surface area contributed by atoms with Crippen molar-refractivity contribution in [1.29, 1.82) is 0 Å². The van der Waals surface area contributed by atoms with Crippen molar-refractivity contribution in [3.05, 3.63) is 12.4 Å². The second-order valence-electron chi connectivity index (χ2n) is 4.40. The molecule has 1 saturated heterocycles. The second kappa shape index (κ2) is 4.21. The molecule has 2 aromatic rings. The van der Waals surface area contributed by atoms with E-state index in [1.165, 1.54) is 0 Å². The molecule has 3 rings (SSSR count). The third kappa shape index (κ3) is 1.85. The lowest BCUT2D eigenvalue weighted by molar-refractivity contribution is -0.132. The van der Waals surface area contributed by atoms with Gasteiger partial charge in [-0.05, 0) is 16.8 Å². The number of likely N-dealkylation sites (N-methyl/N-ethyl adjacent to an activating group) is 1. The summed E-state index contributed by atoms with van der Waals surface area (Å²) in [5.74, 6) is 0.928. The van der Waals surface area contributed by atoms with Crippen LogP contribution in [-0.4, -0.2) is 55.5 Å². The van der Waals surface area contributed by atoms with Gasteiger partial charge >= 0.3 is 0 Å². The molecule has 8 nitrogen and oxygen atoms in total. The summed E-state index contributed by atoms with van der Waals surface area (Å²) in [5.41, 5.74) is 0.597. The third-order valence-corrected chi connectivity index (χ3v) is 3.09. The number of likely N-dealkylation sites (tertiary alicyclic amines) is 1. The molecule has 18 heavy (non-hydrogen) atoms. The summed E-state index contributed by atoms with van der Waals surface area (Å²) in [6, 6.07) is 0.198. The average molecular weight is 247 g/mol. The molecule has 1 aliphatic rings. The predicted molar refractivity (Wildman–Crippen MR) is 62.9 cm³/mol. The quantitative estimate of drug-likeness (QED) is 0.773. The van der Waals surface area contributed by atoms with Gasteiger partial charge in [0.15, 0.2) is 11.5 Å². The smallest absolute Gasteiger partial charge is 0.222 e. The molecule has 3 heterocycles. The molecule has 0 spiro atoms. The van der Waals surface area contributed by atoms with Gasteiger partial charge in [0.05, 0.1) is 12.4 Å². The van der Waals surface area contributed by atoms with E-state index in [0.717, 1.165) is 12.2 Å². The summed E-state index contributed by atoms with van der Waals surface area (Å²) in [5, 5.41) is 14.7. The Morgan fingerprint density at radius 3 is 3.17 bits per heavy atom. The van der Waals surface area contributed by atoms with E-state index in [0.29, 0.717) is 18.6 Å². The molecule has 0 bridgehead atoms. The number of aromatic nitrogens is 5. The number of piperidine rings is 1. The number of nitrogens with zero attached hydrogens (tertiary/aromatic N) is 6. The Balaban J connectivity index is 1.80. The fourth-order valence-corrected chi connectivity index (χ4v) is 2.11. The molecular weight excluding hydrogens is 234 g/mol. The highest BCUT2D eigenvalue weighted by molar-refractivity contribution is 5.77. The van der Waals surface area contributed by atoms with Crippen molar-refractivity contribution in [3.8, 4) is 0 Å². The molecule has 0 aliphatic carbocycles. The van der Waals surface area contributed by atoms with E-state index in [9.17, 15) is 4.79 Å². The number of nitrogens with one attached hydrogen (secondary N) is 1. The first-order valence-corrected chi connectivity index (χ1v) is 5.76. The molecule has 1 N–H and O–H groups in total. The highest BCUT2D eigenvalue weighted by Gasteiger charge is 2.23. The standard InChI is InChI=1S/C10H13N7O/c1-16-6-7(2-3-10(16)18)12-8-4-11-5-9-13-14-15-17(8)9/h4-5,7,12H,2-3,6H2,1H3. The summed E-state index contributed by atoms with van der Waals surface area (Å²) >= 11 is 0. The van der Waals surface area contributed by atoms with Gasteiger partial charge in [0.25, 0.3) is 0 Å². The van der Waals surface area contributed by atoms with Gasteiger partial charge in [0.1, 0.15) is 0 Å². The van der Waals surface area contributed by atoms with Crippen LogP contribution in [0.2, 0.25) is 0 Å². The minimum atomic E-state index is 0.187. The maximum absolute atomic E-state index is 11.4. The molecule has 1 unspecified atom stereocenters. The summed E-state index contributed by atoms with van der Waals surface area (Å²) < 4.78 is 1.60. The molecule has 8 heteroatoms. The van der Waals surface area contributed by atoms with Crippen molar-refractivity contribution in [2.75, 3.05) is 18.9 Å². The van der Waals surface area contributed by atoms with Gasteiger partial charge in [-0.2, -0.15) is 4.52 Å². The summed E-state index contributed by atoms with van der Waals surface area (Å²) in [4.78, 5) is 17.2. The first-order valence-electron chi connectivity index (χ1n) is 5.76. The van der Waals surface area contributed by atoms with Gasteiger partial charge in [0, 0.05) is 26.1 Å². The molecule has 2 aromatic heterocycles. The van der Waals surface area contributed by atoms with Crippen molar-refractivity contribution >= 4 is 17.4 Å². The zero-order valence-electron chi connectivity index (χ0n) is 9.94. The minimum Gasteiger partial charge on any atom is -0.364 e. The van der Waals surface area contributed by atoms with Gasteiger partial charge in [0.2, 0.25) is 5.91 Å². The Hall–Kier alpha value is -2.25. The Labute approximate surface area is 103 Å². The van der Waals surface area contributed by atoms with E-state index in [1.54, 1.807) is 21.8 Å². The van der Waals surface area contributed by atoms with Crippen molar-refractivity contribution in [2.24, 2.45) is 0 Å². The number of hydrogen-bond acceptors (Lipinski definition) is 6. The van der Waals surface area contributed by atoms with Crippen LogP contribution in [0, 0.1) is 0 Å². The molecule has 94 valence electrons. The summed E-state index contributed by atoms with van der Waals surface area (Å²) in [6.45, 7) is 0.678. The number of carbonyl (C=O) groups excluding carboxylic acids is 1. The molecule has 0 aromatic carbocycles. The van der Waals surface area contributed by atoms with Gasteiger partial charge in [-0.15, -0.1) is 5.10 Å². The van der Waals surface area contributed by atoms with Gasteiger partial charge in [-0.3, -0.25) is 9.78 Å². The first-order chi connectivity index (χ1) is 8.74. The Morgan fingerprint density at radius 2 is 2.33 bits per heavy atom. The Kier molecular flexibility index (Phi) is 2.54. The predicted octanol–water partition coefficient (Wildman–Crippen LogP) is -0.448. The van der Waals surface area contributed by atoms with Crippen LogP contribution in [-0.2, 0) is 4.79 Å². The zero-order chi connectivity index (χ0) is 12.5. The molecule has 1 amide bonds. The number of amides is 1. The highest BCUT2D eigenvalue weighted by Crippen LogP contribution is 2.15. The lowest BCUT2D eigenvalue weighted by Gasteiger charge is -2.30. The molecule has 1 fully saturated rings. The van der Waals surface area contributed by atoms with Crippen LogP contribution >= 0.6 is 0 Å². The number of fused-ring (bicyclic) bond motifs is 1. The van der Waals surface area contributed by atoms with Gasteiger partial charge in [-0.25, -0.2) is 0 Å². The summed E-state index contributed by atoms with van der Waals surface area (Å²) in [7, 11) is 1.81. The van der Waals surface area contributed by atoms with Crippen LogP contribution in [0.3, 0.4) is 0 Å². The first kappa shape index (κ1) is 10.9. The second-order valence-corrected chi connectivity index (χ2v) is 4.40. The van der Waals surface area contributed by atoms with Crippen molar-refractivity contribution in [2.45, 2.75) is 18.9 Å². The minimum absolute atomic E-state index is 0.187. The van der Waals surface area contributed by atoms with Crippen molar-refractivity contribution in [1.82, 2.24) is 29.9 Å². The SMILES string of the molecule is CN1CC(Nc2cncc3nnnn23)CCC1=O. The van der Waals surface area contributed by atoms with E-state index >= 15 is 0 Å². The van der Waals surface area contributed by atoms with Crippen LogP contribution in [0.5, 0.6) is 0 Å². The van der Waals surface area contributed by atoms with Gasteiger partial charge in [-0.1, -0.05) is 0 Å². The van der Waals surface area contributed by atoms with Crippen molar-refractivity contribution in [3.63, 3.8) is 0 Å². The number of tetrazole rings is 1. The molecule has 1 atom stereocenters. The number of hydrogen-bond donors (Lipinski definition) is 1. The van der Waals surface area contributed by atoms with Gasteiger partial charge < -0.3 is 10.2 Å². The van der Waals surface area contributed by atoms with E-state index in [1.807, 2.05) is 7.05 Å². The van der Waals surface area contributed by atoms with Crippen molar-refractivity contribution < 1.29 is 4.79 Å². The lowest BCUT2D eigenvalue weighted by atomic mass is 10.1. The molecule has 0 saturated carbocycles. The average Bonchev–Trinajstić information content (AvgIpc) is 2.83. The van der Waals surface area contributed by atoms with E-state index in [-0.39, 0.29) is 11.9 Å². The number of rotatable bonds is 2. The molecular formula is C10H13N7O. The Bertz CT molecular complexity index is 580. The van der Waals surface area contributed by atoms with Crippen LogP contribution in [0.15, 0.2) is 12.4 Å². The topological polar surface area (TPSA) is 88.3 Å². The number of anilines is 1. The summed E-state index contributed by atoms with van der Waals surface area (Å²) in [6.07, 6.45) is 4.65. The highest BCUT2D eigenvalue weighted by atomic mass is 16.2. The lowest BCUT2D eigenvalue weighted by Crippen LogP contribution is -2.43. The monoisotopic (exact) mass is 247 g/mol. The maximum atomic E-state index is 11.4. The fourth-order valence-electron chi connectivity index (χ4n) is 2.11. The fraction of sp³-hybridized carbons (Fsp3) is 0.500.